The molecule has 0 fully saturated rings. The lowest BCUT2D eigenvalue weighted by Crippen LogP contribution is -2.37. The fourth-order valence-corrected chi connectivity index (χ4v) is 4.33. The van der Waals surface area contributed by atoms with Gasteiger partial charge in [0.15, 0.2) is 22.7 Å². The van der Waals surface area contributed by atoms with Crippen LogP contribution < -0.4 is 14.8 Å². The molecule has 4 rings (SSSR count). The standard InChI is InChI=1S/C26H22Cl2N4S/c1-4-14-31-18(2)32(25-16-23(28)22(27)15-24(25)31)17-19-10-12-20(13-11-19)29-26(33)30(3)21-8-6-5-7-9-21/h1,5-13,15-16H,14,17H2,2-3H3/p+1. The molecule has 1 heterocycles. The van der Waals surface area contributed by atoms with E-state index in [1.54, 1.807) is 0 Å². The lowest BCUT2D eigenvalue weighted by molar-refractivity contribution is -0.669. The minimum absolute atomic E-state index is 0.461. The van der Waals surface area contributed by atoms with E-state index in [9.17, 15) is 0 Å². The van der Waals surface area contributed by atoms with Gasteiger partial charge in [0.05, 0.1) is 10.0 Å². The molecule has 3 aromatic carbocycles. The highest BCUT2D eigenvalue weighted by molar-refractivity contribution is 7.80. The summed E-state index contributed by atoms with van der Waals surface area (Å²) in [6.07, 6.45) is 5.60. The molecule has 166 valence electrons. The highest BCUT2D eigenvalue weighted by atomic mass is 35.5. The van der Waals surface area contributed by atoms with Crippen LogP contribution in [0.3, 0.4) is 0 Å². The predicted octanol–water partition coefficient (Wildman–Crippen LogP) is 6.06. The SMILES string of the molecule is C#CCn1c(C)[n+](Cc2ccc(NC(=S)N(C)c3ccccc3)cc2)c2cc(Cl)c(Cl)cc21. The predicted molar refractivity (Wildman–Crippen MR) is 142 cm³/mol. The molecule has 0 aliphatic heterocycles. The first-order chi connectivity index (χ1) is 15.9. The fourth-order valence-electron chi connectivity index (χ4n) is 3.80. The zero-order chi connectivity index (χ0) is 23.5. The number of rotatable bonds is 5. The number of imidazole rings is 1. The zero-order valence-corrected chi connectivity index (χ0v) is 20.7. The van der Waals surface area contributed by atoms with E-state index in [1.165, 1.54) is 0 Å². The maximum atomic E-state index is 6.32. The molecule has 1 N–H and O–H groups in total. The summed E-state index contributed by atoms with van der Waals surface area (Å²) in [7, 11) is 1.95. The Labute approximate surface area is 209 Å². The van der Waals surface area contributed by atoms with Gasteiger partial charge in [-0.15, -0.1) is 6.42 Å². The van der Waals surface area contributed by atoms with E-state index in [2.05, 4.69) is 32.5 Å². The molecular weight excluding hydrogens is 471 g/mol. The van der Waals surface area contributed by atoms with Crippen molar-refractivity contribution in [1.29, 1.82) is 0 Å². The first-order valence-corrected chi connectivity index (χ1v) is 11.6. The number of benzene rings is 3. The number of aromatic nitrogens is 2. The summed E-state index contributed by atoms with van der Waals surface area (Å²) in [5.74, 6) is 3.76. The number of terminal acetylenes is 1. The van der Waals surface area contributed by atoms with E-state index in [4.69, 9.17) is 41.8 Å². The quantitative estimate of drug-likeness (QED) is 0.207. The number of fused-ring (bicyclic) bond motifs is 1. The molecule has 0 bridgehead atoms. The average Bonchev–Trinajstić information content (AvgIpc) is 3.06. The summed E-state index contributed by atoms with van der Waals surface area (Å²) < 4.78 is 4.27. The van der Waals surface area contributed by atoms with Gasteiger partial charge < -0.3 is 10.2 Å². The summed E-state index contributed by atoms with van der Waals surface area (Å²) in [4.78, 5) is 1.94. The maximum Gasteiger partial charge on any atom is 0.255 e. The lowest BCUT2D eigenvalue weighted by Gasteiger charge is -2.21. The summed E-state index contributed by atoms with van der Waals surface area (Å²) in [5.41, 5.74) is 5.05. The summed E-state index contributed by atoms with van der Waals surface area (Å²) in [6, 6.07) is 22.0. The van der Waals surface area contributed by atoms with Crippen LogP contribution in [0.4, 0.5) is 11.4 Å². The Kier molecular flexibility index (Phi) is 6.90. The van der Waals surface area contributed by atoms with Gasteiger partial charge in [-0.25, -0.2) is 9.13 Å². The number of para-hydroxylation sites is 1. The van der Waals surface area contributed by atoms with Crippen LogP contribution in [0.15, 0.2) is 66.7 Å². The van der Waals surface area contributed by atoms with Crippen molar-refractivity contribution < 1.29 is 4.57 Å². The Morgan fingerprint density at radius 3 is 2.42 bits per heavy atom. The summed E-state index contributed by atoms with van der Waals surface area (Å²) >= 11 is 18.2. The van der Waals surface area contributed by atoms with Crippen molar-refractivity contribution in [3.05, 3.63) is 88.2 Å². The highest BCUT2D eigenvalue weighted by Crippen LogP contribution is 2.28. The highest BCUT2D eigenvalue weighted by Gasteiger charge is 2.23. The number of nitrogens with zero attached hydrogens (tertiary/aromatic N) is 3. The fraction of sp³-hybridized carbons (Fsp3) is 0.154. The van der Waals surface area contributed by atoms with Gasteiger partial charge in [0.1, 0.15) is 6.54 Å². The van der Waals surface area contributed by atoms with Gasteiger partial charge in [-0.05, 0) is 42.0 Å². The van der Waals surface area contributed by atoms with Gasteiger partial charge in [0, 0.05) is 37.5 Å². The van der Waals surface area contributed by atoms with Crippen molar-refractivity contribution in [1.82, 2.24) is 4.57 Å². The molecule has 0 aliphatic rings. The molecule has 0 aliphatic carbocycles. The zero-order valence-electron chi connectivity index (χ0n) is 18.3. The normalized spacial score (nSPS) is 10.8. The summed E-state index contributed by atoms with van der Waals surface area (Å²) in [6.45, 7) is 3.18. The molecule has 0 saturated carbocycles. The minimum Gasteiger partial charge on any atom is -0.332 e. The minimum atomic E-state index is 0.461. The average molecular weight is 494 g/mol. The van der Waals surface area contributed by atoms with Crippen LogP contribution in [0.1, 0.15) is 11.4 Å². The molecule has 4 nitrogen and oxygen atoms in total. The van der Waals surface area contributed by atoms with Gasteiger partial charge in [-0.3, -0.25) is 0 Å². The van der Waals surface area contributed by atoms with Gasteiger partial charge in [0.2, 0.25) is 0 Å². The Balaban J connectivity index is 1.56. The van der Waals surface area contributed by atoms with Crippen LogP contribution in [-0.2, 0) is 13.1 Å². The number of anilines is 2. The molecule has 4 aromatic rings. The number of nitrogens with one attached hydrogen (secondary N) is 1. The van der Waals surface area contributed by atoms with Crippen molar-refractivity contribution in [3.8, 4) is 12.3 Å². The molecule has 0 atom stereocenters. The monoisotopic (exact) mass is 493 g/mol. The van der Waals surface area contributed by atoms with Crippen molar-refractivity contribution in [2.45, 2.75) is 20.0 Å². The maximum absolute atomic E-state index is 6.32. The van der Waals surface area contributed by atoms with Crippen LogP contribution in [0.2, 0.25) is 10.0 Å². The van der Waals surface area contributed by atoms with Crippen LogP contribution in [-0.4, -0.2) is 16.7 Å². The van der Waals surface area contributed by atoms with Gasteiger partial charge in [0.25, 0.3) is 5.82 Å². The van der Waals surface area contributed by atoms with Gasteiger partial charge in [-0.1, -0.05) is 59.5 Å². The third-order valence-electron chi connectivity index (χ3n) is 5.62. The van der Waals surface area contributed by atoms with Crippen LogP contribution >= 0.6 is 35.4 Å². The topological polar surface area (TPSA) is 24.1 Å². The Hall–Kier alpha value is -3.04. The molecule has 7 heteroatoms. The van der Waals surface area contributed by atoms with E-state index in [0.29, 0.717) is 28.2 Å². The molecule has 1 aromatic heterocycles. The summed E-state index contributed by atoms with van der Waals surface area (Å²) in [5, 5.41) is 4.96. The third kappa shape index (κ3) is 4.84. The Bertz CT molecular complexity index is 1360. The lowest BCUT2D eigenvalue weighted by atomic mass is 10.2. The van der Waals surface area contributed by atoms with Crippen molar-refractivity contribution in [2.75, 3.05) is 17.3 Å². The van der Waals surface area contributed by atoms with Gasteiger partial charge >= 0.3 is 0 Å². The smallest absolute Gasteiger partial charge is 0.255 e. The second-order valence-electron chi connectivity index (χ2n) is 7.70. The molecule has 0 unspecified atom stereocenters. The first-order valence-electron chi connectivity index (χ1n) is 10.4. The number of hydrogen-bond donors (Lipinski definition) is 1. The molecule has 0 spiro atoms. The van der Waals surface area contributed by atoms with Crippen molar-refractivity contribution >= 4 is 62.9 Å². The van der Waals surface area contributed by atoms with Crippen LogP contribution in [0.25, 0.3) is 11.0 Å². The molecule has 33 heavy (non-hydrogen) atoms. The number of halogens is 2. The molecular formula is C26H23Cl2N4S+. The van der Waals surface area contributed by atoms with Crippen LogP contribution in [0, 0.1) is 19.3 Å². The Morgan fingerprint density at radius 1 is 1.09 bits per heavy atom. The second-order valence-corrected chi connectivity index (χ2v) is 8.90. The Morgan fingerprint density at radius 2 is 1.76 bits per heavy atom. The first kappa shape index (κ1) is 23.1. The third-order valence-corrected chi connectivity index (χ3v) is 6.72. The molecule has 0 saturated heterocycles. The second kappa shape index (κ2) is 9.84. The van der Waals surface area contributed by atoms with E-state index in [0.717, 1.165) is 33.8 Å². The van der Waals surface area contributed by atoms with Gasteiger partial charge in [-0.2, -0.15) is 0 Å². The van der Waals surface area contributed by atoms with E-state index in [-0.39, 0.29) is 0 Å². The molecule has 0 amide bonds. The van der Waals surface area contributed by atoms with E-state index in [1.807, 2.05) is 73.5 Å². The van der Waals surface area contributed by atoms with E-state index >= 15 is 0 Å². The largest absolute Gasteiger partial charge is 0.332 e. The molecule has 0 radical (unpaired) electrons. The van der Waals surface area contributed by atoms with Crippen LogP contribution in [0.5, 0.6) is 0 Å². The van der Waals surface area contributed by atoms with E-state index < -0.39 is 0 Å². The van der Waals surface area contributed by atoms with Crippen molar-refractivity contribution in [2.24, 2.45) is 0 Å². The number of hydrogen-bond acceptors (Lipinski definition) is 1. The van der Waals surface area contributed by atoms with Crippen molar-refractivity contribution in [3.63, 3.8) is 0 Å². The number of thiocarbonyl (C=S) groups is 1.